The van der Waals surface area contributed by atoms with Gasteiger partial charge >= 0.3 is 5.97 Å². The van der Waals surface area contributed by atoms with Crippen LogP contribution in [0.4, 0.5) is 0 Å². The number of nitrogens with zero attached hydrogens (tertiary/aromatic N) is 2. The number of pyridine rings is 1. The van der Waals surface area contributed by atoms with E-state index in [9.17, 15) is 4.79 Å². The minimum absolute atomic E-state index is 0.00132. The summed E-state index contributed by atoms with van der Waals surface area (Å²) in [5.41, 5.74) is 6.32. The van der Waals surface area contributed by atoms with Gasteiger partial charge in [0.05, 0.1) is 14.2 Å². The number of carbonyl (C=O) groups excluding carboxylic acids is 1. The second-order valence-electron chi connectivity index (χ2n) is 4.14. The van der Waals surface area contributed by atoms with E-state index in [-0.39, 0.29) is 11.4 Å². The Hall–Kier alpha value is -3.09. The second-order valence-corrected chi connectivity index (χ2v) is 4.14. The van der Waals surface area contributed by atoms with E-state index in [1.807, 2.05) is 0 Å². The number of aromatic nitrogens is 1. The highest BCUT2D eigenvalue weighted by atomic mass is 16.7. The number of methoxy groups -OCH3 is 2. The molecule has 7 heteroatoms. The van der Waals surface area contributed by atoms with Gasteiger partial charge in [-0.05, 0) is 24.3 Å². The highest BCUT2D eigenvalue weighted by molar-refractivity contribution is 5.97. The fourth-order valence-electron chi connectivity index (χ4n) is 1.67. The third kappa shape index (κ3) is 3.51. The Morgan fingerprint density at radius 3 is 2.64 bits per heavy atom. The molecule has 2 rings (SSSR count). The zero-order valence-electron chi connectivity index (χ0n) is 12.1. The van der Waals surface area contributed by atoms with E-state index in [0.717, 1.165) is 0 Å². The number of rotatable bonds is 5. The largest absolute Gasteiger partial charge is 0.497 e. The minimum Gasteiger partial charge on any atom is -0.497 e. The molecular weight excluding hydrogens is 286 g/mol. The Labute approximate surface area is 127 Å². The molecule has 1 aromatic carbocycles. The zero-order chi connectivity index (χ0) is 15.9. The predicted molar refractivity (Wildman–Crippen MR) is 79.9 cm³/mol. The van der Waals surface area contributed by atoms with Gasteiger partial charge < -0.3 is 20.0 Å². The van der Waals surface area contributed by atoms with Gasteiger partial charge in [-0.15, -0.1) is 0 Å². The fraction of sp³-hybridized carbons (Fsp3) is 0.133. The maximum absolute atomic E-state index is 12.0. The lowest BCUT2D eigenvalue weighted by Crippen LogP contribution is -2.16. The quantitative estimate of drug-likeness (QED) is 0.390. The summed E-state index contributed by atoms with van der Waals surface area (Å²) in [6.45, 7) is 0. The van der Waals surface area contributed by atoms with E-state index in [2.05, 4.69) is 10.1 Å². The van der Waals surface area contributed by atoms with Crippen molar-refractivity contribution < 1.29 is 19.1 Å². The summed E-state index contributed by atoms with van der Waals surface area (Å²) < 4.78 is 10.2. The van der Waals surface area contributed by atoms with Crippen molar-refractivity contribution in [3.8, 4) is 11.5 Å². The Kier molecular flexibility index (Phi) is 4.92. The van der Waals surface area contributed by atoms with E-state index in [4.69, 9.17) is 20.0 Å². The Bertz CT molecular complexity index is 686. The molecule has 0 radical (unpaired) electrons. The number of ether oxygens (including phenoxy) is 2. The molecule has 0 amide bonds. The normalized spacial score (nSPS) is 10.9. The minimum atomic E-state index is -0.696. The summed E-state index contributed by atoms with van der Waals surface area (Å²) in [6, 6.07) is 9.85. The average Bonchev–Trinajstić information content (AvgIpc) is 2.59. The van der Waals surface area contributed by atoms with E-state index in [1.54, 1.807) is 36.5 Å². The molecule has 0 saturated heterocycles. The van der Waals surface area contributed by atoms with Crippen LogP contribution >= 0.6 is 0 Å². The number of nitrogens with two attached hydrogens (primary N) is 1. The number of benzene rings is 1. The molecule has 0 aliphatic heterocycles. The van der Waals surface area contributed by atoms with E-state index in [0.29, 0.717) is 17.2 Å². The molecule has 1 aromatic heterocycles. The summed E-state index contributed by atoms with van der Waals surface area (Å²) in [7, 11) is 2.96. The maximum Gasteiger partial charge on any atom is 0.369 e. The lowest BCUT2D eigenvalue weighted by atomic mass is 10.2. The van der Waals surface area contributed by atoms with Gasteiger partial charge in [-0.2, -0.15) is 0 Å². The van der Waals surface area contributed by atoms with Crippen LogP contribution in [0.2, 0.25) is 0 Å². The van der Waals surface area contributed by atoms with Crippen LogP contribution in [-0.2, 0) is 4.84 Å². The van der Waals surface area contributed by atoms with E-state index in [1.165, 1.54) is 20.3 Å². The van der Waals surface area contributed by atoms with Crippen molar-refractivity contribution in [2.75, 3.05) is 14.2 Å². The van der Waals surface area contributed by atoms with Crippen molar-refractivity contribution in [3.05, 3.63) is 53.9 Å². The Morgan fingerprint density at radius 1 is 1.18 bits per heavy atom. The van der Waals surface area contributed by atoms with Crippen molar-refractivity contribution in [3.63, 3.8) is 0 Å². The van der Waals surface area contributed by atoms with Crippen LogP contribution < -0.4 is 15.2 Å². The molecule has 0 aliphatic rings. The number of hydrogen-bond acceptors (Lipinski definition) is 6. The van der Waals surface area contributed by atoms with E-state index >= 15 is 0 Å². The third-order valence-corrected chi connectivity index (χ3v) is 2.78. The molecule has 0 fully saturated rings. The second kappa shape index (κ2) is 7.07. The van der Waals surface area contributed by atoms with Gasteiger partial charge in [-0.1, -0.05) is 11.2 Å². The standard InChI is InChI=1S/C15H15N3O4/c1-20-10-6-7-11(13(9-10)21-2)15(19)22-18-14(16)12-5-3-4-8-17-12/h3-9H,1-2H3,(H2,16,18). The third-order valence-electron chi connectivity index (χ3n) is 2.78. The molecule has 114 valence electrons. The summed E-state index contributed by atoms with van der Waals surface area (Å²) >= 11 is 0. The monoisotopic (exact) mass is 301 g/mol. The summed E-state index contributed by atoms with van der Waals surface area (Å²) in [5, 5.41) is 3.58. The van der Waals surface area contributed by atoms with Crippen molar-refractivity contribution >= 4 is 11.8 Å². The number of carbonyl (C=O) groups is 1. The molecule has 0 unspecified atom stereocenters. The van der Waals surface area contributed by atoms with Gasteiger partial charge in [-0.3, -0.25) is 4.98 Å². The van der Waals surface area contributed by atoms with Gasteiger partial charge in [0.25, 0.3) is 0 Å². The summed E-state index contributed by atoms with van der Waals surface area (Å²) in [4.78, 5) is 20.9. The molecule has 0 bridgehead atoms. The van der Waals surface area contributed by atoms with Gasteiger partial charge in [0.15, 0.2) is 5.84 Å². The molecule has 1 heterocycles. The van der Waals surface area contributed by atoms with Gasteiger partial charge in [0.1, 0.15) is 22.8 Å². The topological polar surface area (TPSA) is 96.0 Å². The van der Waals surface area contributed by atoms with Crippen molar-refractivity contribution in [2.45, 2.75) is 0 Å². The van der Waals surface area contributed by atoms with Crippen LogP contribution in [0.5, 0.6) is 11.5 Å². The summed E-state index contributed by atoms with van der Waals surface area (Å²) in [5.74, 6) is 0.181. The number of oxime groups is 1. The molecule has 0 aliphatic carbocycles. The van der Waals surface area contributed by atoms with Crippen molar-refractivity contribution in [1.29, 1.82) is 0 Å². The first kappa shape index (κ1) is 15.3. The molecule has 2 aromatic rings. The smallest absolute Gasteiger partial charge is 0.369 e. The van der Waals surface area contributed by atoms with Crippen LogP contribution in [0.15, 0.2) is 47.8 Å². The highest BCUT2D eigenvalue weighted by Crippen LogP contribution is 2.25. The van der Waals surface area contributed by atoms with Crippen LogP contribution in [-0.4, -0.2) is 31.0 Å². The van der Waals surface area contributed by atoms with Gasteiger partial charge in [0.2, 0.25) is 0 Å². The maximum atomic E-state index is 12.0. The Balaban J connectivity index is 2.16. The van der Waals surface area contributed by atoms with E-state index < -0.39 is 5.97 Å². The Morgan fingerprint density at radius 2 is 2.00 bits per heavy atom. The molecule has 0 spiro atoms. The predicted octanol–water partition coefficient (Wildman–Crippen LogP) is 1.58. The molecular formula is C15H15N3O4. The van der Waals surface area contributed by atoms with Crippen molar-refractivity contribution in [1.82, 2.24) is 4.98 Å². The number of amidine groups is 1. The molecule has 7 nitrogen and oxygen atoms in total. The first-order chi connectivity index (χ1) is 10.7. The van der Waals surface area contributed by atoms with Crippen LogP contribution in [0.1, 0.15) is 16.1 Å². The summed E-state index contributed by atoms with van der Waals surface area (Å²) in [6.07, 6.45) is 1.56. The molecule has 2 N–H and O–H groups in total. The highest BCUT2D eigenvalue weighted by Gasteiger charge is 2.15. The lowest BCUT2D eigenvalue weighted by Gasteiger charge is -2.08. The first-order valence-electron chi connectivity index (χ1n) is 6.34. The molecule has 0 saturated carbocycles. The van der Waals surface area contributed by atoms with Crippen molar-refractivity contribution in [2.24, 2.45) is 10.9 Å². The molecule has 0 atom stereocenters. The van der Waals surface area contributed by atoms with Gasteiger partial charge in [-0.25, -0.2) is 4.79 Å². The van der Waals surface area contributed by atoms with Gasteiger partial charge in [0, 0.05) is 12.3 Å². The first-order valence-corrected chi connectivity index (χ1v) is 6.34. The number of hydrogen-bond donors (Lipinski definition) is 1. The van der Waals surface area contributed by atoms with Crippen LogP contribution in [0.25, 0.3) is 0 Å². The lowest BCUT2D eigenvalue weighted by molar-refractivity contribution is 0.0512. The fourth-order valence-corrected chi connectivity index (χ4v) is 1.67. The van der Waals surface area contributed by atoms with Crippen LogP contribution in [0, 0.1) is 0 Å². The van der Waals surface area contributed by atoms with Crippen LogP contribution in [0.3, 0.4) is 0 Å². The average molecular weight is 301 g/mol. The molecule has 22 heavy (non-hydrogen) atoms. The zero-order valence-corrected chi connectivity index (χ0v) is 12.1. The SMILES string of the molecule is COc1ccc(C(=O)ON=C(N)c2ccccn2)c(OC)c1.